The van der Waals surface area contributed by atoms with Crippen LogP contribution in [0.3, 0.4) is 0 Å². The molecule has 2 aromatic rings. The normalized spacial score (nSPS) is 11.0. The molecule has 0 bridgehead atoms. The molecule has 0 spiro atoms. The molecular formula is C22H30O. The van der Waals surface area contributed by atoms with E-state index in [9.17, 15) is 0 Å². The molecule has 0 saturated carbocycles. The van der Waals surface area contributed by atoms with Gasteiger partial charge in [0.05, 0.1) is 6.61 Å². The van der Waals surface area contributed by atoms with Crippen LogP contribution >= 0.6 is 0 Å². The summed E-state index contributed by atoms with van der Waals surface area (Å²) in [6, 6.07) is 16.9. The molecule has 0 heterocycles. The molecule has 0 amide bonds. The number of hydrogen-bond donors (Lipinski definition) is 0. The number of benzene rings is 2. The molecule has 0 atom stereocenters. The maximum atomic E-state index is 6.15. The third-order valence-electron chi connectivity index (χ3n) is 4.22. The summed E-state index contributed by atoms with van der Waals surface area (Å²) in [5.74, 6) is 1.87. The van der Waals surface area contributed by atoms with Crippen molar-refractivity contribution in [3.63, 3.8) is 0 Å². The molecule has 2 aromatic carbocycles. The highest BCUT2D eigenvalue weighted by atomic mass is 16.5. The Morgan fingerprint density at radius 2 is 1.57 bits per heavy atom. The van der Waals surface area contributed by atoms with Gasteiger partial charge in [-0.05, 0) is 30.4 Å². The standard InChI is InChI=1S/C22H30O/c1-18(2)12-7-4-5-10-17-23-22-19(3)13-11-16-21(22)20-14-8-6-9-15-20/h6,8-9,11,13-16,18H,4-5,7,10,12,17H2,1-3H3. The van der Waals surface area contributed by atoms with E-state index in [1.165, 1.54) is 42.4 Å². The van der Waals surface area contributed by atoms with Gasteiger partial charge in [-0.3, -0.25) is 0 Å². The number of rotatable bonds is 9. The fourth-order valence-corrected chi connectivity index (χ4v) is 2.87. The number of unbranched alkanes of at least 4 members (excludes halogenated alkanes) is 3. The molecule has 23 heavy (non-hydrogen) atoms. The third kappa shape index (κ3) is 5.74. The number of hydrogen-bond acceptors (Lipinski definition) is 1. The predicted octanol–water partition coefficient (Wildman–Crippen LogP) is 6.65. The Kier molecular flexibility index (Phi) is 7.19. The van der Waals surface area contributed by atoms with E-state index in [2.05, 4.69) is 69.3 Å². The first-order valence-electron chi connectivity index (χ1n) is 8.96. The Morgan fingerprint density at radius 1 is 0.826 bits per heavy atom. The van der Waals surface area contributed by atoms with Crippen molar-refractivity contribution in [2.75, 3.05) is 6.61 Å². The van der Waals surface area contributed by atoms with Gasteiger partial charge >= 0.3 is 0 Å². The maximum Gasteiger partial charge on any atom is 0.130 e. The lowest BCUT2D eigenvalue weighted by atomic mass is 10.0. The summed E-state index contributed by atoms with van der Waals surface area (Å²) in [5.41, 5.74) is 3.64. The van der Waals surface area contributed by atoms with E-state index >= 15 is 0 Å². The fraction of sp³-hybridized carbons (Fsp3) is 0.455. The molecule has 0 unspecified atom stereocenters. The van der Waals surface area contributed by atoms with E-state index in [0.717, 1.165) is 24.7 Å². The van der Waals surface area contributed by atoms with Gasteiger partial charge < -0.3 is 4.74 Å². The molecule has 2 rings (SSSR count). The second-order valence-corrected chi connectivity index (χ2v) is 6.76. The van der Waals surface area contributed by atoms with Crippen molar-refractivity contribution in [3.05, 3.63) is 54.1 Å². The molecule has 0 aromatic heterocycles. The van der Waals surface area contributed by atoms with Crippen LogP contribution in [-0.2, 0) is 0 Å². The van der Waals surface area contributed by atoms with Gasteiger partial charge in [-0.15, -0.1) is 0 Å². The fourth-order valence-electron chi connectivity index (χ4n) is 2.87. The van der Waals surface area contributed by atoms with Gasteiger partial charge in [0.1, 0.15) is 5.75 Å². The summed E-state index contributed by atoms with van der Waals surface area (Å²) in [4.78, 5) is 0. The predicted molar refractivity (Wildman–Crippen MR) is 100 cm³/mol. The van der Waals surface area contributed by atoms with Gasteiger partial charge in [0.15, 0.2) is 0 Å². The summed E-state index contributed by atoms with van der Waals surface area (Å²) in [5, 5.41) is 0. The second-order valence-electron chi connectivity index (χ2n) is 6.76. The van der Waals surface area contributed by atoms with E-state index in [4.69, 9.17) is 4.74 Å². The highest BCUT2D eigenvalue weighted by molar-refractivity contribution is 5.71. The van der Waals surface area contributed by atoms with E-state index in [1.807, 2.05) is 0 Å². The largest absolute Gasteiger partial charge is 0.493 e. The molecule has 0 aliphatic heterocycles. The monoisotopic (exact) mass is 310 g/mol. The van der Waals surface area contributed by atoms with Crippen molar-refractivity contribution in [1.29, 1.82) is 0 Å². The van der Waals surface area contributed by atoms with Crippen LogP contribution in [0.2, 0.25) is 0 Å². The van der Waals surface area contributed by atoms with Crippen molar-refractivity contribution in [2.45, 2.75) is 52.9 Å². The third-order valence-corrected chi connectivity index (χ3v) is 4.22. The minimum atomic E-state index is 0.812. The lowest BCUT2D eigenvalue weighted by molar-refractivity contribution is 0.303. The average molecular weight is 310 g/mol. The molecule has 1 heteroatoms. The minimum Gasteiger partial charge on any atom is -0.493 e. The number of aryl methyl sites for hydroxylation is 1. The summed E-state index contributed by atoms with van der Waals surface area (Å²) in [6.07, 6.45) is 6.41. The molecule has 0 aliphatic carbocycles. The van der Waals surface area contributed by atoms with Crippen molar-refractivity contribution in [1.82, 2.24) is 0 Å². The Labute approximate surface area is 141 Å². The van der Waals surface area contributed by atoms with Crippen LogP contribution in [0.1, 0.15) is 51.5 Å². The zero-order valence-electron chi connectivity index (χ0n) is 14.8. The van der Waals surface area contributed by atoms with Crippen LogP contribution in [0.25, 0.3) is 11.1 Å². The topological polar surface area (TPSA) is 9.23 Å². The van der Waals surface area contributed by atoms with Crippen molar-refractivity contribution in [3.8, 4) is 16.9 Å². The summed E-state index contributed by atoms with van der Waals surface area (Å²) < 4.78 is 6.15. The first-order chi connectivity index (χ1) is 11.2. The van der Waals surface area contributed by atoms with Crippen molar-refractivity contribution >= 4 is 0 Å². The zero-order chi connectivity index (χ0) is 16.5. The Balaban J connectivity index is 1.88. The van der Waals surface area contributed by atoms with Crippen LogP contribution in [0.5, 0.6) is 5.75 Å². The average Bonchev–Trinajstić information content (AvgIpc) is 2.55. The second kappa shape index (κ2) is 9.39. The summed E-state index contributed by atoms with van der Waals surface area (Å²) in [6.45, 7) is 7.54. The number of ether oxygens (including phenoxy) is 1. The van der Waals surface area contributed by atoms with Gasteiger partial charge in [-0.1, -0.05) is 88.1 Å². The highest BCUT2D eigenvalue weighted by Crippen LogP contribution is 2.32. The lowest BCUT2D eigenvalue weighted by Crippen LogP contribution is -2.01. The van der Waals surface area contributed by atoms with Crippen LogP contribution in [0.15, 0.2) is 48.5 Å². The molecule has 0 radical (unpaired) electrons. The van der Waals surface area contributed by atoms with Crippen LogP contribution < -0.4 is 4.74 Å². The molecule has 1 nitrogen and oxygen atoms in total. The van der Waals surface area contributed by atoms with Crippen molar-refractivity contribution < 1.29 is 4.74 Å². The summed E-state index contributed by atoms with van der Waals surface area (Å²) in [7, 11) is 0. The summed E-state index contributed by atoms with van der Waals surface area (Å²) >= 11 is 0. The molecule has 0 N–H and O–H groups in total. The van der Waals surface area contributed by atoms with Gasteiger partial charge in [0.2, 0.25) is 0 Å². The van der Waals surface area contributed by atoms with Gasteiger partial charge in [0, 0.05) is 5.56 Å². The Hall–Kier alpha value is -1.76. The Bertz CT molecular complexity index is 572. The van der Waals surface area contributed by atoms with Crippen LogP contribution in [-0.4, -0.2) is 6.61 Å². The zero-order valence-corrected chi connectivity index (χ0v) is 14.8. The smallest absolute Gasteiger partial charge is 0.130 e. The van der Waals surface area contributed by atoms with E-state index in [0.29, 0.717) is 0 Å². The Morgan fingerprint density at radius 3 is 2.30 bits per heavy atom. The van der Waals surface area contributed by atoms with Gasteiger partial charge in [0.25, 0.3) is 0 Å². The van der Waals surface area contributed by atoms with Crippen molar-refractivity contribution in [2.24, 2.45) is 5.92 Å². The van der Waals surface area contributed by atoms with Crippen LogP contribution in [0, 0.1) is 12.8 Å². The first-order valence-corrected chi connectivity index (χ1v) is 8.96. The molecular weight excluding hydrogens is 280 g/mol. The molecule has 124 valence electrons. The minimum absolute atomic E-state index is 0.812. The SMILES string of the molecule is Cc1cccc(-c2ccccc2)c1OCCCCCCC(C)C. The maximum absolute atomic E-state index is 6.15. The van der Waals surface area contributed by atoms with E-state index in [1.54, 1.807) is 0 Å². The van der Waals surface area contributed by atoms with Gasteiger partial charge in [-0.25, -0.2) is 0 Å². The lowest BCUT2D eigenvalue weighted by Gasteiger charge is -2.14. The first kappa shape index (κ1) is 17.6. The molecule has 0 saturated heterocycles. The highest BCUT2D eigenvalue weighted by Gasteiger charge is 2.08. The van der Waals surface area contributed by atoms with Crippen LogP contribution in [0.4, 0.5) is 0 Å². The quantitative estimate of drug-likeness (QED) is 0.471. The van der Waals surface area contributed by atoms with E-state index in [-0.39, 0.29) is 0 Å². The molecule has 0 aliphatic rings. The molecule has 0 fully saturated rings. The van der Waals surface area contributed by atoms with Gasteiger partial charge in [-0.2, -0.15) is 0 Å². The number of para-hydroxylation sites is 1. The van der Waals surface area contributed by atoms with E-state index < -0.39 is 0 Å².